The Morgan fingerprint density at radius 3 is 2.64 bits per heavy atom. The Labute approximate surface area is 85.2 Å². The summed E-state index contributed by atoms with van der Waals surface area (Å²) in [5, 5.41) is 1.91. The maximum Gasteiger partial charge on any atom is 0.353 e. The molecule has 14 heavy (non-hydrogen) atoms. The first-order valence-electron chi connectivity index (χ1n) is 3.61. The third kappa shape index (κ3) is 1.13. The molecule has 1 aliphatic heterocycles. The minimum Gasteiger partial charge on any atom is -0.320 e. The van der Waals surface area contributed by atoms with Crippen LogP contribution in [0, 0.1) is 5.82 Å². The van der Waals surface area contributed by atoms with Gasteiger partial charge in [0.05, 0.1) is 11.3 Å². The lowest BCUT2D eigenvalue weighted by Gasteiger charge is -2.07. The lowest BCUT2D eigenvalue weighted by atomic mass is 10.1. The molecule has 0 atom stereocenters. The van der Waals surface area contributed by atoms with Crippen LogP contribution in [0.5, 0.6) is 0 Å². The maximum absolute atomic E-state index is 13.2. The molecule has 1 N–H and O–H groups in total. The Morgan fingerprint density at radius 2 is 2.00 bits per heavy atom. The summed E-state index contributed by atoms with van der Waals surface area (Å²) in [6.07, 6.45) is 0. The van der Waals surface area contributed by atoms with E-state index in [4.69, 9.17) is 0 Å². The van der Waals surface area contributed by atoms with E-state index >= 15 is 0 Å². The lowest BCUT2D eigenvalue weighted by molar-refractivity contribution is -0.139. The first-order chi connectivity index (χ1) is 6.43. The second-order valence-electron chi connectivity index (χ2n) is 2.84. The number of hydrogen-bond donors (Lipinski definition) is 1. The van der Waals surface area contributed by atoms with Crippen LogP contribution in [0.3, 0.4) is 0 Å². The molecule has 0 unspecified atom stereocenters. The van der Waals surface area contributed by atoms with Crippen molar-refractivity contribution in [3.05, 3.63) is 28.0 Å². The summed E-state index contributed by atoms with van der Waals surface area (Å²) in [5.74, 6) is -5.71. The number of nitrogens with one attached hydrogen (secondary N) is 1. The van der Waals surface area contributed by atoms with Crippen molar-refractivity contribution in [2.45, 2.75) is 5.92 Å². The maximum atomic E-state index is 13.2. The van der Waals surface area contributed by atoms with Crippen molar-refractivity contribution in [2.75, 3.05) is 5.32 Å². The summed E-state index contributed by atoms with van der Waals surface area (Å²) in [4.78, 5) is 10.8. The highest BCUT2D eigenvalue weighted by Crippen LogP contribution is 2.44. The molecule has 74 valence electrons. The highest BCUT2D eigenvalue weighted by atomic mass is 79.9. The van der Waals surface area contributed by atoms with E-state index in [2.05, 4.69) is 15.9 Å². The van der Waals surface area contributed by atoms with Gasteiger partial charge in [-0.15, -0.1) is 0 Å². The lowest BCUT2D eigenvalue weighted by Crippen LogP contribution is -2.24. The predicted molar refractivity (Wildman–Crippen MR) is 46.6 cm³/mol. The van der Waals surface area contributed by atoms with Gasteiger partial charge in [0.2, 0.25) is 0 Å². The SMILES string of the molecule is O=C1Nc2cc(F)cc(Br)c2C1(F)F. The van der Waals surface area contributed by atoms with E-state index in [0.717, 1.165) is 12.1 Å². The van der Waals surface area contributed by atoms with Crippen LogP contribution in [0.2, 0.25) is 0 Å². The van der Waals surface area contributed by atoms with Gasteiger partial charge in [0.15, 0.2) is 0 Å². The highest BCUT2D eigenvalue weighted by molar-refractivity contribution is 9.10. The molecule has 0 radical (unpaired) electrons. The van der Waals surface area contributed by atoms with Crippen LogP contribution in [-0.4, -0.2) is 5.91 Å². The molecule has 1 aromatic carbocycles. The van der Waals surface area contributed by atoms with Gasteiger partial charge in [-0.1, -0.05) is 15.9 Å². The third-order valence-electron chi connectivity index (χ3n) is 1.90. The molecule has 0 saturated carbocycles. The van der Waals surface area contributed by atoms with Crippen molar-refractivity contribution in [1.82, 2.24) is 0 Å². The Balaban J connectivity index is 2.71. The van der Waals surface area contributed by atoms with Gasteiger partial charge in [0, 0.05) is 4.47 Å². The molecular formula is C8H3BrF3NO. The third-order valence-corrected chi connectivity index (χ3v) is 2.53. The second-order valence-corrected chi connectivity index (χ2v) is 3.69. The van der Waals surface area contributed by atoms with E-state index < -0.39 is 23.2 Å². The number of fused-ring (bicyclic) bond motifs is 1. The van der Waals surface area contributed by atoms with E-state index in [-0.39, 0.29) is 10.2 Å². The monoisotopic (exact) mass is 265 g/mol. The summed E-state index contributed by atoms with van der Waals surface area (Å²) >= 11 is 2.79. The molecule has 1 aromatic rings. The van der Waals surface area contributed by atoms with Crippen molar-refractivity contribution in [2.24, 2.45) is 0 Å². The van der Waals surface area contributed by atoms with Gasteiger partial charge in [-0.25, -0.2) is 4.39 Å². The molecular weight excluding hydrogens is 263 g/mol. The zero-order valence-electron chi connectivity index (χ0n) is 6.57. The zero-order valence-corrected chi connectivity index (χ0v) is 8.16. The van der Waals surface area contributed by atoms with E-state index in [0.29, 0.717) is 0 Å². The fourth-order valence-electron chi connectivity index (χ4n) is 1.31. The van der Waals surface area contributed by atoms with Gasteiger partial charge in [-0.3, -0.25) is 4.79 Å². The van der Waals surface area contributed by atoms with E-state index in [1.54, 1.807) is 0 Å². The molecule has 2 rings (SSSR count). The minimum absolute atomic E-state index is 0.115. The van der Waals surface area contributed by atoms with E-state index in [1.165, 1.54) is 0 Å². The molecule has 0 aromatic heterocycles. The summed E-state index contributed by atoms with van der Waals surface area (Å²) in [7, 11) is 0. The Morgan fingerprint density at radius 1 is 1.36 bits per heavy atom. The number of anilines is 1. The fourth-order valence-corrected chi connectivity index (χ4v) is 1.99. The summed E-state index contributed by atoms with van der Waals surface area (Å²) in [5.41, 5.74) is -0.698. The second kappa shape index (κ2) is 2.73. The largest absolute Gasteiger partial charge is 0.353 e. The minimum atomic E-state index is -3.60. The van der Waals surface area contributed by atoms with Gasteiger partial charge in [0.25, 0.3) is 5.91 Å². The number of amides is 1. The van der Waals surface area contributed by atoms with Crippen molar-refractivity contribution in [3.8, 4) is 0 Å². The van der Waals surface area contributed by atoms with Crippen LogP contribution in [-0.2, 0) is 10.7 Å². The Hall–Kier alpha value is -1.04. The number of benzene rings is 1. The van der Waals surface area contributed by atoms with Crippen molar-refractivity contribution >= 4 is 27.5 Å². The standard InChI is InChI=1S/C8H3BrF3NO/c9-4-1-3(10)2-5-6(4)8(11,12)7(14)13-5/h1-2H,(H,13,14). The summed E-state index contributed by atoms with van der Waals surface area (Å²) < 4.78 is 39.0. The van der Waals surface area contributed by atoms with Gasteiger partial charge in [-0.2, -0.15) is 8.78 Å². The van der Waals surface area contributed by atoms with Gasteiger partial charge in [0.1, 0.15) is 5.82 Å². The molecule has 2 nitrogen and oxygen atoms in total. The Kier molecular flexibility index (Phi) is 1.85. The van der Waals surface area contributed by atoms with Crippen LogP contribution >= 0.6 is 15.9 Å². The zero-order chi connectivity index (χ0) is 10.5. The molecule has 0 aliphatic carbocycles. The smallest absolute Gasteiger partial charge is 0.320 e. The first kappa shape index (κ1) is 9.51. The van der Waals surface area contributed by atoms with Crippen LogP contribution in [0.15, 0.2) is 16.6 Å². The number of halogens is 4. The number of alkyl halides is 2. The van der Waals surface area contributed by atoms with Crippen molar-refractivity contribution < 1.29 is 18.0 Å². The molecule has 6 heteroatoms. The molecule has 1 heterocycles. The average molecular weight is 266 g/mol. The normalized spacial score (nSPS) is 17.9. The van der Waals surface area contributed by atoms with Crippen LogP contribution in [0.4, 0.5) is 18.9 Å². The molecule has 1 aliphatic rings. The summed E-state index contributed by atoms with van der Waals surface area (Å²) in [6.45, 7) is 0. The van der Waals surface area contributed by atoms with E-state index in [1.807, 2.05) is 5.32 Å². The van der Waals surface area contributed by atoms with Crippen LogP contribution in [0.1, 0.15) is 5.56 Å². The number of rotatable bonds is 0. The van der Waals surface area contributed by atoms with Gasteiger partial charge < -0.3 is 5.32 Å². The number of carbonyl (C=O) groups excluding carboxylic acids is 1. The molecule has 0 spiro atoms. The number of carbonyl (C=O) groups is 1. The molecule has 0 saturated heterocycles. The first-order valence-corrected chi connectivity index (χ1v) is 4.41. The Bertz CT molecular complexity index is 433. The van der Waals surface area contributed by atoms with Crippen LogP contribution < -0.4 is 5.32 Å². The van der Waals surface area contributed by atoms with Crippen molar-refractivity contribution in [3.63, 3.8) is 0 Å². The van der Waals surface area contributed by atoms with Gasteiger partial charge in [-0.05, 0) is 12.1 Å². The topological polar surface area (TPSA) is 29.1 Å². The van der Waals surface area contributed by atoms with Crippen molar-refractivity contribution in [1.29, 1.82) is 0 Å². The van der Waals surface area contributed by atoms with Gasteiger partial charge >= 0.3 is 5.92 Å². The molecule has 1 amide bonds. The highest BCUT2D eigenvalue weighted by Gasteiger charge is 2.50. The molecule has 0 fully saturated rings. The quantitative estimate of drug-likeness (QED) is 0.768. The fraction of sp³-hybridized carbons (Fsp3) is 0.125. The molecule has 0 bridgehead atoms. The summed E-state index contributed by atoms with van der Waals surface area (Å²) in [6, 6.07) is 1.76. The number of hydrogen-bond acceptors (Lipinski definition) is 1. The average Bonchev–Trinajstić information content (AvgIpc) is 2.21. The van der Waals surface area contributed by atoms with E-state index in [9.17, 15) is 18.0 Å². The van der Waals surface area contributed by atoms with Crippen LogP contribution in [0.25, 0.3) is 0 Å². The predicted octanol–water partition coefficient (Wildman–Crippen LogP) is 2.63.